The van der Waals surface area contributed by atoms with Gasteiger partial charge in [-0.3, -0.25) is 9.59 Å². The minimum absolute atomic E-state index is 0.0593. The second-order valence-corrected chi connectivity index (χ2v) is 12.0. The number of pyridine rings is 1. The van der Waals surface area contributed by atoms with Gasteiger partial charge in [0, 0.05) is 23.9 Å². The van der Waals surface area contributed by atoms with Gasteiger partial charge in [0.05, 0.1) is 22.5 Å². The van der Waals surface area contributed by atoms with Crippen molar-refractivity contribution in [2.24, 2.45) is 0 Å². The van der Waals surface area contributed by atoms with Gasteiger partial charge in [-0.1, -0.05) is 66.0 Å². The summed E-state index contributed by atoms with van der Waals surface area (Å²) in [4.78, 5) is 39.2. The van der Waals surface area contributed by atoms with Crippen molar-refractivity contribution in [1.29, 1.82) is 0 Å². The van der Waals surface area contributed by atoms with Crippen molar-refractivity contribution in [2.75, 3.05) is 22.1 Å². The Balaban J connectivity index is 0.956. The Hall–Kier alpha value is -5.15. The zero-order chi connectivity index (χ0) is 31.6. The van der Waals surface area contributed by atoms with Crippen LogP contribution in [0.1, 0.15) is 13.8 Å². The lowest BCUT2D eigenvalue weighted by Gasteiger charge is -2.08. The smallest absolute Gasteiger partial charge is 0.236 e. The number of nitrogens with zero attached hydrogens (tertiary/aromatic N) is 9. The van der Waals surface area contributed by atoms with Gasteiger partial charge in [-0.15, -0.1) is 20.4 Å². The molecule has 0 aliphatic rings. The molecule has 0 fully saturated rings. The van der Waals surface area contributed by atoms with Crippen LogP contribution in [0.5, 0.6) is 0 Å². The lowest BCUT2D eigenvalue weighted by atomic mass is 10.2. The normalized spacial score (nSPS) is 11.5. The van der Waals surface area contributed by atoms with E-state index in [1.54, 1.807) is 18.2 Å². The van der Waals surface area contributed by atoms with E-state index in [0.29, 0.717) is 21.9 Å². The number of anilines is 2. The van der Waals surface area contributed by atoms with E-state index in [1.165, 1.54) is 23.5 Å². The average molecular weight is 650 g/mol. The number of aryl methyl sites for hydroxylation is 2. The van der Waals surface area contributed by atoms with Gasteiger partial charge >= 0.3 is 0 Å². The molecule has 13 nitrogen and oxygen atoms in total. The number of aromatic nitrogens is 9. The molecular formula is C31H27N11O2S2. The fourth-order valence-corrected chi connectivity index (χ4v) is 6.50. The zero-order valence-electron chi connectivity index (χ0n) is 24.8. The quantitative estimate of drug-likeness (QED) is 0.188. The molecule has 0 saturated carbocycles. The maximum absolute atomic E-state index is 12.7. The van der Waals surface area contributed by atoms with Crippen LogP contribution in [0.15, 0.2) is 77.0 Å². The predicted octanol–water partition coefficient (Wildman–Crippen LogP) is 5.17. The number of para-hydroxylation sites is 2. The molecule has 0 unspecified atom stereocenters. The number of nitrogens with one attached hydrogen (secondary N) is 2. The molecule has 46 heavy (non-hydrogen) atoms. The molecule has 0 bridgehead atoms. The molecule has 7 aromatic rings. The van der Waals surface area contributed by atoms with Gasteiger partial charge in [0.15, 0.2) is 11.3 Å². The van der Waals surface area contributed by atoms with Crippen LogP contribution >= 0.6 is 23.5 Å². The lowest BCUT2D eigenvalue weighted by Crippen LogP contribution is -2.18. The molecule has 0 saturated heterocycles. The molecule has 0 radical (unpaired) electrons. The molecule has 230 valence electrons. The molecule has 2 amide bonds. The molecular weight excluding hydrogens is 623 g/mol. The third-order valence-electron chi connectivity index (χ3n) is 7.29. The number of hydrogen-bond acceptors (Lipinski definition) is 11. The molecule has 7 rings (SSSR count). The van der Waals surface area contributed by atoms with Crippen molar-refractivity contribution in [3.05, 3.63) is 66.7 Å². The number of carbonyl (C=O) groups excluding carboxylic acids is 2. The molecule has 0 aliphatic heterocycles. The van der Waals surface area contributed by atoms with Crippen LogP contribution in [0, 0.1) is 0 Å². The van der Waals surface area contributed by atoms with Gasteiger partial charge in [-0.25, -0.2) is 15.0 Å². The average Bonchev–Trinajstić information content (AvgIpc) is 3.57. The number of rotatable bonds is 10. The highest BCUT2D eigenvalue weighted by molar-refractivity contribution is 8.00. The minimum Gasteiger partial charge on any atom is -0.324 e. The van der Waals surface area contributed by atoms with Gasteiger partial charge in [0.1, 0.15) is 22.7 Å². The van der Waals surface area contributed by atoms with Crippen molar-refractivity contribution in [3.8, 4) is 0 Å². The summed E-state index contributed by atoms with van der Waals surface area (Å²) in [5.74, 6) is 0.152. The second kappa shape index (κ2) is 12.7. The highest BCUT2D eigenvalue weighted by atomic mass is 32.2. The summed E-state index contributed by atoms with van der Waals surface area (Å²) >= 11 is 2.37. The van der Waals surface area contributed by atoms with E-state index in [4.69, 9.17) is 0 Å². The summed E-state index contributed by atoms with van der Waals surface area (Å²) in [6.45, 7) is 5.57. The van der Waals surface area contributed by atoms with Crippen LogP contribution in [-0.4, -0.2) is 67.8 Å². The first kappa shape index (κ1) is 29.6. The van der Waals surface area contributed by atoms with E-state index in [1.807, 2.05) is 48.5 Å². The van der Waals surface area contributed by atoms with E-state index in [9.17, 15) is 9.59 Å². The highest BCUT2D eigenvalue weighted by Gasteiger charge is 2.17. The largest absolute Gasteiger partial charge is 0.324 e. The molecule has 2 N–H and O–H groups in total. The summed E-state index contributed by atoms with van der Waals surface area (Å²) in [7, 11) is 0. The van der Waals surface area contributed by atoms with Crippen molar-refractivity contribution in [3.63, 3.8) is 0 Å². The first-order chi connectivity index (χ1) is 22.5. The summed E-state index contributed by atoms with van der Waals surface area (Å²) in [6, 6.07) is 21.0. The number of hydrogen-bond donors (Lipinski definition) is 2. The van der Waals surface area contributed by atoms with Crippen LogP contribution < -0.4 is 10.6 Å². The van der Waals surface area contributed by atoms with E-state index < -0.39 is 0 Å². The van der Waals surface area contributed by atoms with Gasteiger partial charge in [-0.05, 0) is 38.1 Å². The predicted molar refractivity (Wildman–Crippen MR) is 180 cm³/mol. The standard InChI is InChI=1S/C31H27N11O2S2/c1-3-41-20-12-7-5-10-18(20)26-28(41)35-30(39-37-26)45-16-24(43)33-22-14-9-15-23(32-22)34-25(44)17-46-31-36-29-27(38-40-31)19-11-6-8-13-21(19)42(29)4-2/h5-15H,3-4,16-17H2,1-2H3,(H2,32,33,34,43,44). The van der Waals surface area contributed by atoms with Crippen LogP contribution in [-0.2, 0) is 22.7 Å². The van der Waals surface area contributed by atoms with Gasteiger partial charge in [0.2, 0.25) is 22.1 Å². The SMILES string of the molecule is CCn1c2ccccc2c2nnc(SCC(=O)Nc3cccc(NC(=O)CSc4nnc5c6ccccc6n(CC)c5n4)n3)nc21. The summed E-state index contributed by atoms with van der Waals surface area (Å²) in [6.07, 6.45) is 0. The van der Waals surface area contributed by atoms with Crippen LogP contribution in [0.2, 0.25) is 0 Å². The monoisotopic (exact) mass is 649 g/mol. The van der Waals surface area contributed by atoms with Crippen molar-refractivity contribution >= 4 is 91.1 Å². The van der Waals surface area contributed by atoms with E-state index in [0.717, 1.165) is 57.2 Å². The van der Waals surface area contributed by atoms with Crippen LogP contribution in [0.3, 0.4) is 0 Å². The Morgan fingerprint density at radius 1 is 0.609 bits per heavy atom. The van der Waals surface area contributed by atoms with E-state index >= 15 is 0 Å². The lowest BCUT2D eigenvalue weighted by molar-refractivity contribution is -0.114. The first-order valence-corrected chi connectivity index (χ1v) is 16.5. The number of carbonyl (C=O) groups is 2. The Kier molecular flexibility index (Phi) is 8.15. The maximum atomic E-state index is 12.7. The number of thioether (sulfide) groups is 2. The highest BCUT2D eigenvalue weighted by Crippen LogP contribution is 2.28. The molecule has 2 aromatic carbocycles. The van der Waals surface area contributed by atoms with Gasteiger partial charge in [0.25, 0.3) is 0 Å². The van der Waals surface area contributed by atoms with Crippen LogP contribution in [0.25, 0.3) is 44.1 Å². The van der Waals surface area contributed by atoms with Crippen molar-refractivity contribution < 1.29 is 9.59 Å². The third-order valence-corrected chi connectivity index (χ3v) is 8.97. The third kappa shape index (κ3) is 5.70. The fraction of sp³-hybridized carbons (Fsp3) is 0.194. The number of amides is 2. The minimum atomic E-state index is -0.291. The fourth-order valence-electron chi connectivity index (χ4n) is 5.33. The van der Waals surface area contributed by atoms with Crippen LogP contribution in [0.4, 0.5) is 11.6 Å². The molecule has 0 atom stereocenters. The molecule has 0 spiro atoms. The molecule has 5 aromatic heterocycles. The number of benzene rings is 2. The Morgan fingerprint density at radius 2 is 1.07 bits per heavy atom. The summed E-state index contributed by atoms with van der Waals surface area (Å²) < 4.78 is 4.17. The zero-order valence-corrected chi connectivity index (χ0v) is 26.5. The van der Waals surface area contributed by atoms with Gasteiger partial charge in [-0.2, -0.15) is 0 Å². The summed E-state index contributed by atoms with van der Waals surface area (Å²) in [5, 5.41) is 25.6. The van der Waals surface area contributed by atoms with E-state index in [-0.39, 0.29) is 23.3 Å². The topological polar surface area (TPSA) is 158 Å². The van der Waals surface area contributed by atoms with Gasteiger partial charge < -0.3 is 19.8 Å². The second-order valence-electron chi connectivity index (χ2n) is 10.1. The Bertz CT molecular complexity index is 2110. The van der Waals surface area contributed by atoms with Crippen molar-refractivity contribution in [2.45, 2.75) is 37.2 Å². The Labute approximate surface area is 270 Å². The van der Waals surface area contributed by atoms with E-state index in [2.05, 4.69) is 69.0 Å². The summed E-state index contributed by atoms with van der Waals surface area (Å²) in [5.41, 5.74) is 5.02. The maximum Gasteiger partial charge on any atom is 0.236 e. The Morgan fingerprint density at radius 3 is 1.52 bits per heavy atom. The molecule has 5 heterocycles. The molecule has 15 heteroatoms. The number of fused-ring (bicyclic) bond motifs is 6. The van der Waals surface area contributed by atoms with Crippen molar-refractivity contribution in [1.82, 2.24) is 44.5 Å². The molecule has 0 aliphatic carbocycles. The first-order valence-electron chi connectivity index (χ1n) is 14.6.